The number of ether oxygens (including phenoxy) is 2. The predicted molar refractivity (Wildman–Crippen MR) is 50.8 cm³/mol. The highest BCUT2D eigenvalue weighted by Crippen LogP contribution is 2.27. The second-order valence-corrected chi connectivity index (χ2v) is 4.05. The lowest BCUT2D eigenvalue weighted by atomic mass is 9.90. The van der Waals surface area contributed by atoms with Gasteiger partial charge in [0, 0.05) is 11.5 Å². The molecule has 1 fully saturated rings. The highest BCUT2D eigenvalue weighted by atomic mass is 19.1. The Labute approximate surface area is 82.6 Å². The summed E-state index contributed by atoms with van der Waals surface area (Å²) < 4.78 is 23.3. The first-order chi connectivity index (χ1) is 6.68. The largest absolute Gasteiger partial charge is 0.493 e. The Bertz CT molecular complexity index is 321. The van der Waals surface area contributed by atoms with Gasteiger partial charge in [-0.3, -0.25) is 0 Å². The van der Waals surface area contributed by atoms with Gasteiger partial charge in [-0.05, 0) is 12.1 Å². The summed E-state index contributed by atoms with van der Waals surface area (Å²) in [6, 6.07) is 6.19. The maximum Gasteiger partial charge on any atom is 0.126 e. The molecule has 0 amide bonds. The molecule has 0 N–H and O–H groups in total. The van der Waals surface area contributed by atoms with E-state index in [4.69, 9.17) is 9.47 Å². The first kappa shape index (κ1) is 9.46. The third-order valence-electron chi connectivity index (χ3n) is 2.28. The lowest BCUT2D eigenvalue weighted by molar-refractivity contribution is -0.120. The zero-order valence-electron chi connectivity index (χ0n) is 8.13. The van der Waals surface area contributed by atoms with Crippen molar-refractivity contribution in [2.45, 2.75) is 6.92 Å². The Morgan fingerprint density at radius 3 is 2.86 bits per heavy atom. The molecule has 1 aromatic carbocycles. The summed E-state index contributed by atoms with van der Waals surface area (Å²) in [6.07, 6.45) is 0. The Morgan fingerprint density at radius 1 is 1.50 bits per heavy atom. The van der Waals surface area contributed by atoms with E-state index in [0.29, 0.717) is 12.4 Å². The molecular weight excluding hydrogens is 183 g/mol. The lowest BCUT2D eigenvalue weighted by Crippen LogP contribution is -2.44. The zero-order valence-corrected chi connectivity index (χ0v) is 8.13. The van der Waals surface area contributed by atoms with Gasteiger partial charge in [0.05, 0.1) is 19.8 Å². The highest BCUT2D eigenvalue weighted by molar-refractivity contribution is 5.22. The van der Waals surface area contributed by atoms with E-state index in [1.54, 1.807) is 12.1 Å². The van der Waals surface area contributed by atoms with Crippen LogP contribution in [-0.2, 0) is 4.74 Å². The van der Waals surface area contributed by atoms with Gasteiger partial charge in [0.2, 0.25) is 0 Å². The molecule has 0 aliphatic carbocycles. The van der Waals surface area contributed by atoms with Gasteiger partial charge in [0.1, 0.15) is 11.6 Å². The number of benzene rings is 1. The standard InChI is InChI=1S/C11H13FO2/c1-11(6-13-7-11)8-14-10-4-2-3-9(12)5-10/h2-5H,6-8H2,1H3. The molecule has 0 atom stereocenters. The molecule has 0 radical (unpaired) electrons. The molecule has 1 aliphatic rings. The molecule has 2 nitrogen and oxygen atoms in total. The first-order valence-corrected chi connectivity index (χ1v) is 4.64. The lowest BCUT2D eigenvalue weighted by Gasteiger charge is -2.37. The van der Waals surface area contributed by atoms with Crippen molar-refractivity contribution in [3.05, 3.63) is 30.1 Å². The predicted octanol–water partition coefficient (Wildman–Crippen LogP) is 2.24. The minimum absolute atomic E-state index is 0.103. The van der Waals surface area contributed by atoms with E-state index in [2.05, 4.69) is 6.92 Å². The molecule has 1 saturated heterocycles. The molecule has 0 saturated carbocycles. The average Bonchev–Trinajstić information content (AvgIpc) is 2.12. The van der Waals surface area contributed by atoms with Crippen LogP contribution in [0.4, 0.5) is 4.39 Å². The Balaban J connectivity index is 1.91. The summed E-state index contributed by atoms with van der Waals surface area (Å²) in [5.41, 5.74) is 0.103. The van der Waals surface area contributed by atoms with Crippen molar-refractivity contribution in [1.82, 2.24) is 0 Å². The van der Waals surface area contributed by atoms with E-state index in [0.717, 1.165) is 13.2 Å². The van der Waals surface area contributed by atoms with Crippen molar-refractivity contribution in [2.24, 2.45) is 5.41 Å². The summed E-state index contributed by atoms with van der Waals surface area (Å²) in [5, 5.41) is 0. The van der Waals surface area contributed by atoms with Gasteiger partial charge in [-0.1, -0.05) is 13.0 Å². The van der Waals surface area contributed by atoms with E-state index in [9.17, 15) is 4.39 Å². The number of hydrogen-bond acceptors (Lipinski definition) is 2. The molecule has 1 heterocycles. The van der Waals surface area contributed by atoms with Crippen LogP contribution in [0.2, 0.25) is 0 Å². The molecule has 0 bridgehead atoms. The van der Waals surface area contributed by atoms with E-state index >= 15 is 0 Å². The van der Waals surface area contributed by atoms with Gasteiger partial charge in [0.25, 0.3) is 0 Å². The van der Waals surface area contributed by atoms with E-state index < -0.39 is 0 Å². The van der Waals surface area contributed by atoms with Crippen LogP contribution in [0.1, 0.15) is 6.92 Å². The fraction of sp³-hybridized carbons (Fsp3) is 0.455. The van der Waals surface area contributed by atoms with Gasteiger partial charge >= 0.3 is 0 Å². The van der Waals surface area contributed by atoms with Crippen LogP contribution in [0.3, 0.4) is 0 Å². The third-order valence-corrected chi connectivity index (χ3v) is 2.28. The molecular formula is C11H13FO2. The summed E-state index contributed by atoms with van der Waals surface area (Å²) >= 11 is 0. The van der Waals surface area contributed by atoms with Crippen LogP contribution in [0.15, 0.2) is 24.3 Å². The van der Waals surface area contributed by atoms with E-state index in [1.165, 1.54) is 12.1 Å². The van der Waals surface area contributed by atoms with Gasteiger partial charge in [-0.2, -0.15) is 0 Å². The van der Waals surface area contributed by atoms with E-state index in [1.807, 2.05) is 0 Å². The van der Waals surface area contributed by atoms with Gasteiger partial charge < -0.3 is 9.47 Å². The van der Waals surface area contributed by atoms with Gasteiger partial charge in [-0.15, -0.1) is 0 Å². The topological polar surface area (TPSA) is 18.5 Å². The van der Waals surface area contributed by atoms with Crippen molar-refractivity contribution in [3.63, 3.8) is 0 Å². The minimum atomic E-state index is -0.266. The smallest absolute Gasteiger partial charge is 0.126 e. The maximum atomic E-state index is 12.8. The zero-order chi connectivity index (χ0) is 10.0. The van der Waals surface area contributed by atoms with Crippen LogP contribution in [0.5, 0.6) is 5.75 Å². The second kappa shape index (κ2) is 3.58. The summed E-state index contributed by atoms with van der Waals surface area (Å²) in [7, 11) is 0. The molecule has 3 heteroatoms. The molecule has 2 rings (SSSR count). The van der Waals surface area contributed by atoms with Gasteiger partial charge in [0.15, 0.2) is 0 Å². The molecule has 0 aromatic heterocycles. The average molecular weight is 196 g/mol. The van der Waals surface area contributed by atoms with Crippen molar-refractivity contribution in [3.8, 4) is 5.75 Å². The van der Waals surface area contributed by atoms with Crippen molar-refractivity contribution >= 4 is 0 Å². The summed E-state index contributed by atoms with van der Waals surface area (Å²) in [4.78, 5) is 0. The van der Waals surface area contributed by atoms with E-state index in [-0.39, 0.29) is 11.2 Å². The summed E-state index contributed by atoms with van der Waals surface area (Å²) in [5.74, 6) is 0.315. The monoisotopic (exact) mass is 196 g/mol. The minimum Gasteiger partial charge on any atom is -0.493 e. The van der Waals surface area contributed by atoms with Crippen LogP contribution >= 0.6 is 0 Å². The number of halogens is 1. The molecule has 76 valence electrons. The van der Waals surface area contributed by atoms with Crippen molar-refractivity contribution < 1.29 is 13.9 Å². The highest BCUT2D eigenvalue weighted by Gasteiger charge is 2.34. The normalized spacial score (nSPS) is 18.7. The summed E-state index contributed by atoms with van der Waals surface area (Å²) in [6.45, 7) is 4.12. The Morgan fingerprint density at radius 2 is 2.29 bits per heavy atom. The van der Waals surface area contributed by atoms with Crippen molar-refractivity contribution in [1.29, 1.82) is 0 Å². The van der Waals surface area contributed by atoms with Crippen LogP contribution < -0.4 is 4.74 Å². The van der Waals surface area contributed by atoms with Crippen LogP contribution in [-0.4, -0.2) is 19.8 Å². The number of hydrogen-bond donors (Lipinski definition) is 0. The van der Waals surface area contributed by atoms with Crippen molar-refractivity contribution in [2.75, 3.05) is 19.8 Å². The first-order valence-electron chi connectivity index (χ1n) is 4.64. The third kappa shape index (κ3) is 2.04. The fourth-order valence-corrected chi connectivity index (χ4v) is 1.35. The van der Waals surface area contributed by atoms with Gasteiger partial charge in [-0.25, -0.2) is 4.39 Å². The quantitative estimate of drug-likeness (QED) is 0.738. The Hall–Kier alpha value is -1.09. The SMILES string of the molecule is CC1(COc2cccc(F)c2)COC1. The van der Waals surface area contributed by atoms with Crippen LogP contribution in [0, 0.1) is 11.2 Å². The molecule has 1 aromatic rings. The molecule has 0 unspecified atom stereocenters. The maximum absolute atomic E-state index is 12.8. The fourth-order valence-electron chi connectivity index (χ4n) is 1.35. The van der Waals surface area contributed by atoms with Crippen LogP contribution in [0.25, 0.3) is 0 Å². The Kier molecular flexibility index (Phi) is 2.42. The molecule has 0 spiro atoms. The number of rotatable bonds is 3. The molecule has 14 heavy (non-hydrogen) atoms. The second-order valence-electron chi connectivity index (χ2n) is 4.05. The molecule has 1 aliphatic heterocycles.